The first-order chi connectivity index (χ1) is 8.27. The summed E-state index contributed by atoms with van der Waals surface area (Å²) in [5, 5.41) is 9.10. The van der Waals surface area contributed by atoms with Crippen molar-refractivity contribution >= 4 is 5.97 Å². The van der Waals surface area contributed by atoms with Crippen molar-refractivity contribution < 1.29 is 9.53 Å². The molecule has 5 nitrogen and oxygen atoms in total. The zero-order valence-electron chi connectivity index (χ0n) is 9.64. The standard InChI is InChI=1S/C12H13N3O2/c1-2-17-12(16)9(6-13)11-8-4-3-5-10(8)14-7-15-11/h7,9H,2-5H2,1H3. The predicted octanol–water partition coefficient (Wildman–Crippen LogP) is 1.14. The van der Waals surface area contributed by atoms with E-state index in [1.54, 1.807) is 6.92 Å². The first kappa shape index (κ1) is 11.5. The van der Waals surface area contributed by atoms with Gasteiger partial charge in [0.2, 0.25) is 0 Å². The Balaban J connectivity index is 2.36. The highest BCUT2D eigenvalue weighted by Gasteiger charge is 2.29. The van der Waals surface area contributed by atoms with Crippen LogP contribution in [0.5, 0.6) is 0 Å². The van der Waals surface area contributed by atoms with Crippen LogP contribution in [0.4, 0.5) is 0 Å². The van der Waals surface area contributed by atoms with Gasteiger partial charge >= 0.3 is 5.97 Å². The minimum atomic E-state index is -0.926. The number of esters is 1. The smallest absolute Gasteiger partial charge is 0.329 e. The zero-order chi connectivity index (χ0) is 12.3. The lowest BCUT2D eigenvalue weighted by atomic mass is 10.0. The van der Waals surface area contributed by atoms with Gasteiger partial charge in [0.25, 0.3) is 0 Å². The summed E-state index contributed by atoms with van der Waals surface area (Å²) in [6, 6.07) is 1.97. The van der Waals surface area contributed by atoms with Crippen LogP contribution in [-0.4, -0.2) is 22.5 Å². The van der Waals surface area contributed by atoms with E-state index < -0.39 is 11.9 Å². The van der Waals surface area contributed by atoms with Crippen molar-refractivity contribution in [2.45, 2.75) is 32.1 Å². The molecule has 17 heavy (non-hydrogen) atoms. The molecular weight excluding hydrogens is 218 g/mol. The number of carbonyl (C=O) groups is 1. The van der Waals surface area contributed by atoms with E-state index in [4.69, 9.17) is 10.00 Å². The van der Waals surface area contributed by atoms with Gasteiger partial charge in [-0.05, 0) is 31.7 Å². The highest BCUT2D eigenvalue weighted by molar-refractivity contribution is 5.81. The van der Waals surface area contributed by atoms with Crippen molar-refractivity contribution in [1.29, 1.82) is 5.26 Å². The molecule has 0 spiro atoms. The summed E-state index contributed by atoms with van der Waals surface area (Å²) >= 11 is 0. The molecule has 0 radical (unpaired) electrons. The van der Waals surface area contributed by atoms with Crippen molar-refractivity contribution in [3.05, 3.63) is 23.3 Å². The quantitative estimate of drug-likeness (QED) is 0.729. The third kappa shape index (κ3) is 2.11. The monoisotopic (exact) mass is 231 g/mol. The minimum Gasteiger partial charge on any atom is -0.465 e. The van der Waals surface area contributed by atoms with Crippen molar-refractivity contribution in [2.24, 2.45) is 0 Å². The summed E-state index contributed by atoms with van der Waals surface area (Å²) in [5.41, 5.74) is 2.43. The topological polar surface area (TPSA) is 75.9 Å². The molecule has 0 saturated carbocycles. The molecule has 0 aliphatic heterocycles. The minimum absolute atomic E-state index is 0.268. The average Bonchev–Trinajstić information content (AvgIpc) is 2.79. The number of aromatic nitrogens is 2. The zero-order valence-corrected chi connectivity index (χ0v) is 9.64. The van der Waals surface area contributed by atoms with E-state index in [0.29, 0.717) is 5.69 Å². The number of nitrogens with zero attached hydrogens (tertiary/aromatic N) is 3. The molecule has 2 rings (SSSR count). The van der Waals surface area contributed by atoms with Crippen molar-refractivity contribution in [3.8, 4) is 6.07 Å². The highest BCUT2D eigenvalue weighted by atomic mass is 16.5. The Labute approximate surface area is 99.5 Å². The Morgan fingerprint density at radius 1 is 1.59 bits per heavy atom. The molecule has 1 atom stereocenters. The lowest BCUT2D eigenvalue weighted by Gasteiger charge is -2.11. The number of hydrogen-bond donors (Lipinski definition) is 0. The van der Waals surface area contributed by atoms with Gasteiger partial charge in [-0.1, -0.05) is 0 Å². The molecular formula is C12H13N3O2. The Hall–Kier alpha value is -1.96. The number of ether oxygens (including phenoxy) is 1. The van der Waals surface area contributed by atoms with Crippen LogP contribution >= 0.6 is 0 Å². The Bertz CT molecular complexity index is 479. The fourth-order valence-corrected chi connectivity index (χ4v) is 2.08. The second-order valence-electron chi connectivity index (χ2n) is 3.85. The first-order valence-electron chi connectivity index (χ1n) is 5.66. The number of rotatable bonds is 3. The van der Waals surface area contributed by atoms with E-state index in [2.05, 4.69) is 9.97 Å². The average molecular weight is 231 g/mol. The van der Waals surface area contributed by atoms with Crippen LogP contribution in [0.25, 0.3) is 0 Å². The third-order valence-electron chi connectivity index (χ3n) is 2.83. The van der Waals surface area contributed by atoms with E-state index >= 15 is 0 Å². The lowest BCUT2D eigenvalue weighted by molar-refractivity contribution is -0.143. The van der Waals surface area contributed by atoms with E-state index in [9.17, 15) is 4.79 Å². The second kappa shape index (κ2) is 4.91. The van der Waals surface area contributed by atoms with Gasteiger partial charge in [-0.2, -0.15) is 5.26 Å². The van der Waals surface area contributed by atoms with E-state index in [1.807, 2.05) is 6.07 Å². The summed E-state index contributed by atoms with van der Waals surface area (Å²) in [4.78, 5) is 19.9. The van der Waals surface area contributed by atoms with Crippen LogP contribution in [-0.2, 0) is 22.4 Å². The molecule has 1 aromatic rings. The number of aryl methyl sites for hydroxylation is 1. The molecule has 88 valence electrons. The van der Waals surface area contributed by atoms with Gasteiger partial charge in [-0.3, -0.25) is 4.79 Å². The molecule has 0 fully saturated rings. The Morgan fingerprint density at radius 3 is 3.12 bits per heavy atom. The summed E-state index contributed by atoms with van der Waals surface area (Å²) in [7, 11) is 0. The van der Waals surface area contributed by atoms with Gasteiger partial charge in [0.1, 0.15) is 6.33 Å². The molecule has 1 aromatic heterocycles. The van der Waals surface area contributed by atoms with Crippen LogP contribution in [0, 0.1) is 11.3 Å². The fourth-order valence-electron chi connectivity index (χ4n) is 2.08. The van der Waals surface area contributed by atoms with Gasteiger partial charge in [-0.15, -0.1) is 0 Å². The predicted molar refractivity (Wildman–Crippen MR) is 59.0 cm³/mol. The Kier molecular flexibility index (Phi) is 3.33. The van der Waals surface area contributed by atoms with Crippen LogP contribution in [0.2, 0.25) is 0 Å². The molecule has 1 heterocycles. The molecule has 0 amide bonds. The van der Waals surface area contributed by atoms with Crippen LogP contribution in [0.3, 0.4) is 0 Å². The maximum absolute atomic E-state index is 11.7. The van der Waals surface area contributed by atoms with Crippen molar-refractivity contribution in [2.75, 3.05) is 6.61 Å². The summed E-state index contributed by atoms with van der Waals surface area (Å²) in [5.74, 6) is -1.45. The molecule has 0 N–H and O–H groups in total. The number of fused-ring (bicyclic) bond motifs is 1. The van der Waals surface area contributed by atoms with E-state index in [1.165, 1.54) is 6.33 Å². The lowest BCUT2D eigenvalue weighted by Crippen LogP contribution is -2.17. The largest absolute Gasteiger partial charge is 0.465 e. The van der Waals surface area contributed by atoms with Gasteiger partial charge in [0, 0.05) is 5.69 Å². The maximum Gasteiger partial charge on any atom is 0.329 e. The molecule has 0 saturated heterocycles. The van der Waals surface area contributed by atoms with Gasteiger partial charge < -0.3 is 4.74 Å². The van der Waals surface area contributed by atoms with Crippen LogP contribution in [0.1, 0.15) is 36.2 Å². The summed E-state index contributed by atoms with van der Waals surface area (Å²) in [6.07, 6.45) is 4.15. The summed E-state index contributed by atoms with van der Waals surface area (Å²) in [6.45, 7) is 1.99. The van der Waals surface area contributed by atoms with Crippen LogP contribution < -0.4 is 0 Å². The molecule has 0 bridgehead atoms. The van der Waals surface area contributed by atoms with Crippen molar-refractivity contribution in [1.82, 2.24) is 9.97 Å². The number of carbonyl (C=O) groups excluding carboxylic acids is 1. The highest BCUT2D eigenvalue weighted by Crippen LogP contribution is 2.27. The SMILES string of the molecule is CCOC(=O)C(C#N)c1ncnc2c1CCC2. The molecule has 1 unspecified atom stereocenters. The molecule has 1 aliphatic carbocycles. The van der Waals surface area contributed by atoms with Crippen molar-refractivity contribution in [3.63, 3.8) is 0 Å². The normalized spacial score (nSPS) is 14.8. The van der Waals surface area contributed by atoms with Gasteiger partial charge in [0.05, 0.1) is 18.4 Å². The molecule has 0 aromatic carbocycles. The number of nitriles is 1. The number of hydrogen-bond acceptors (Lipinski definition) is 5. The van der Waals surface area contributed by atoms with E-state index in [0.717, 1.165) is 30.5 Å². The Morgan fingerprint density at radius 2 is 2.41 bits per heavy atom. The molecule has 1 aliphatic rings. The first-order valence-corrected chi connectivity index (χ1v) is 5.66. The van der Waals surface area contributed by atoms with Crippen LogP contribution in [0.15, 0.2) is 6.33 Å². The van der Waals surface area contributed by atoms with Gasteiger partial charge in [0.15, 0.2) is 5.92 Å². The fraction of sp³-hybridized carbons (Fsp3) is 0.500. The summed E-state index contributed by atoms with van der Waals surface area (Å²) < 4.78 is 4.89. The van der Waals surface area contributed by atoms with E-state index in [-0.39, 0.29) is 6.61 Å². The second-order valence-corrected chi connectivity index (χ2v) is 3.85. The third-order valence-corrected chi connectivity index (χ3v) is 2.83. The maximum atomic E-state index is 11.7. The molecule has 5 heteroatoms. The van der Waals surface area contributed by atoms with Gasteiger partial charge in [-0.25, -0.2) is 9.97 Å².